The van der Waals surface area contributed by atoms with Crippen molar-refractivity contribution in [3.63, 3.8) is 0 Å². The van der Waals surface area contributed by atoms with Crippen molar-refractivity contribution < 1.29 is 9.59 Å². The summed E-state index contributed by atoms with van der Waals surface area (Å²) >= 11 is 1.66. The molecule has 0 bridgehead atoms. The third-order valence-corrected chi connectivity index (χ3v) is 3.66. The molecule has 0 saturated carbocycles. The molecule has 5 nitrogen and oxygen atoms in total. The molecule has 1 fully saturated rings. The quantitative estimate of drug-likeness (QED) is 0.816. The molecule has 1 saturated heterocycles. The van der Waals surface area contributed by atoms with Crippen molar-refractivity contribution in [2.24, 2.45) is 0 Å². The van der Waals surface area contributed by atoms with Crippen molar-refractivity contribution in [1.82, 2.24) is 15.6 Å². The lowest BCUT2D eigenvalue weighted by Crippen LogP contribution is -2.62. The smallest absolute Gasteiger partial charge is 0.243 e. The van der Waals surface area contributed by atoms with Crippen molar-refractivity contribution in [2.45, 2.75) is 24.9 Å². The highest BCUT2D eigenvalue weighted by atomic mass is 32.2. The fraction of sp³-hybridized carbons (Fsp3) is 0.462. The summed E-state index contributed by atoms with van der Waals surface area (Å²) in [6, 6.07) is 4.61. The summed E-state index contributed by atoms with van der Waals surface area (Å²) in [7, 11) is 0. The molecule has 0 aromatic carbocycles. The lowest BCUT2D eigenvalue weighted by molar-refractivity contribution is -0.136. The van der Waals surface area contributed by atoms with E-state index in [1.54, 1.807) is 18.0 Å². The number of carbonyl (C=O) groups is 2. The number of rotatable bonds is 5. The van der Waals surface area contributed by atoms with Crippen LogP contribution in [0.25, 0.3) is 0 Å². The number of amides is 2. The zero-order valence-electron chi connectivity index (χ0n) is 10.8. The molecule has 2 heterocycles. The summed E-state index contributed by atoms with van der Waals surface area (Å²) in [4.78, 5) is 28.0. The van der Waals surface area contributed by atoms with E-state index in [1.807, 2.05) is 24.5 Å². The first-order chi connectivity index (χ1) is 9.20. The highest BCUT2D eigenvalue weighted by Gasteiger charge is 2.33. The Morgan fingerprint density at radius 3 is 2.63 bits per heavy atom. The first-order valence-corrected chi connectivity index (χ1v) is 7.59. The average molecular weight is 279 g/mol. The number of piperazine rings is 1. The molecular formula is C13H17N3O2S. The van der Waals surface area contributed by atoms with Crippen LogP contribution >= 0.6 is 11.8 Å². The van der Waals surface area contributed by atoms with Crippen LogP contribution in [0.3, 0.4) is 0 Å². The van der Waals surface area contributed by atoms with Crippen LogP contribution in [0.5, 0.6) is 0 Å². The summed E-state index contributed by atoms with van der Waals surface area (Å²) in [5, 5.41) is 5.55. The molecule has 1 aromatic heterocycles. The summed E-state index contributed by atoms with van der Waals surface area (Å²) in [5.41, 5.74) is 0.797. The lowest BCUT2D eigenvalue weighted by atomic mass is 10.0. The first-order valence-electron chi connectivity index (χ1n) is 6.20. The molecule has 0 spiro atoms. The standard InChI is InChI=1S/C13H17N3O2S/c1-19-7-5-10-12(17)16-11(13(18)15-10)8-9-4-2-3-6-14-9/h2-4,6,10-11H,5,7-8H2,1H3,(H,15,18)(H,16,17)/t10-,11-/m1/s1. The number of carbonyl (C=O) groups excluding carboxylic acids is 2. The van der Waals surface area contributed by atoms with Crippen molar-refractivity contribution in [3.05, 3.63) is 30.1 Å². The van der Waals surface area contributed by atoms with Gasteiger partial charge in [0.15, 0.2) is 0 Å². The second kappa shape index (κ2) is 6.56. The van der Waals surface area contributed by atoms with Crippen LogP contribution in [-0.4, -0.2) is 40.9 Å². The van der Waals surface area contributed by atoms with Gasteiger partial charge in [-0.05, 0) is 30.6 Å². The molecular weight excluding hydrogens is 262 g/mol. The molecule has 2 atom stereocenters. The molecule has 19 heavy (non-hydrogen) atoms. The zero-order valence-corrected chi connectivity index (χ0v) is 11.6. The Kier molecular flexibility index (Phi) is 4.79. The highest BCUT2D eigenvalue weighted by molar-refractivity contribution is 7.98. The van der Waals surface area contributed by atoms with Gasteiger partial charge in [-0.1, -0.05) is 6.07 Å². The van der Waals surface area contributed by atoms with E-state index in [1.165, 1.54) is 0 Å². The molecule has 1 aliphatic rings. The number of hydrogen-bond donors (Lipinski definition) is 2. The Morgan fingerprint density at radius 2 is 1.95 bits per heavy atom. The molecule has 1 aromatic rings. The van der Waals surface area contributed by atoms with E-state index in [0.717, 1.165) is 11.4 Å². The van der Waals surface area contributed by atoms with Crippen LogP contribution in [0.4, 0.5) is 0 Å². The van der Waals surface area contributed by atoms with Crippen LogP contribution in [0.1, 0.15) is 12.1 Å². The molecule has 0 unspecified atom stereocenters. The van der Waals surface area contributed by atoms with Crippen molar-refractivity contribution in [3.8, 4) is 0 Å². The van der Waals surface area contributed by atoms with E-state index >= 15 is 0 Å². The molecule has 2 rings (SSSR count). The largest absolute Gasteiger partial charge is 0.342 e. The minimum Gasteiger partial charge on any atom is -0.342 e. The lowest BCUT2D eigenvalue weighted by Gasteiger charge is -2.29. The minimum absolute atomic E-state index is 0.102. The predicted octanol–water partition coefficient (Wildman–Crippen LogP) is 0.360. The number of pyridine rings is 1. The van der Waals surface area contributed by atoms with Crippen LogP contribution in [-0.2, 0) is 16.0 Å². The second-order valence-electron chi connectivity index (χ2n) is 4.43. The summed E-state index contributed by atoms with van der Waals surface area (Å²) in [6.07, 6.45) is 4.74. The maximum Gasteiger partial charge on any atom is 0.243 e. The van der Waals surface area contributed by atoms with Gasteiger partial charge in [-0.25, -0.2) is 0 Å². The fourth-order valence-electron chi connectivity index (χ4n) is 1.99. The van der Waals surface area contributed by atoms with Gasteiger partial charge in [0.25, 0.3) is 0 Å². The topological polar surface area (TPSA) is 71.1 Å². The molecule has 2 amide bonds. The van der Waals surface area contributed by atoms with Gasteiger partial charge in [0, 0.05) is 18.3 Å². The van der Waals surface area contributed by atoms with Crippen LogP contribution in [0, 0.1) is 0 Å². The second-order valence-corrected chi connectivity index (χ2v) is 5.41. The Bertz CT molecular complexity index is 452. The summed E-state index contributed by atoms with van der Waals surface area (Å²) in [6.45, 7) is 0. The first kappa shape index (κ1) is 13.9. The SMILES string of the molecule is CSCC[C@H]1NC(=O)[C@@H](Cc2ccccn2)NC1=O. The highest BCUT2D eigenvalue weighted by Crippen LogP contribution is 2.08. The number of aromatic nitrogens is 1. The fourth-order valence-corrected chi connectivity index (χ4v) is 2.46. The maximum absolute atomic E-state index is 12.0. The number of hydrogen-bond acceptors (Lipinski definition) is 4. The Hall–Kier alpha value is -1.56. The maximum atomic E-state index is 12.0. The van der Waals surface area contributed by atoms with Crippen molar-refractivity contribution >= 4 is 23.6 Å². The predicted molar refractivity (Wildman–Crippen MR) is 74.8 cm³/mol. The summed E-state index contributed by atoms with van der Waals surface area (Å²) < 4.78 is 0. The van der Waals surface area contributed by atoms with Gasteiger partial charge in [-0.2, -0.15) is 11.8 Å². The molecule has 1 aliphatic heterocycles. The van der Waals surface area contributed by atoms with Gasteiger partial charge in [0.1, 0.15) is 12.1 Å². The van der Waals surface area contributed by atoms with Gasteiger partial charge in [0.2, 0.25) is 11.8 Å². The van der Waals surface area contributed by atoms with Gasteiger partial charge in [-0.3, -0.25) is 14.6 Å². The van der Waals surface area contributed by atoms with E-state index < -0.39 is 12.1 Å². The third kappa shape index (κ3) is 3.70. The van der Waals surface area contributed by atoms with Crippen molar-refractivity contribution in [1.29, 1.82) is 0 Å². The minimum atomic E-state index is -0.520. The molecule has 0 radical (unpaired) electrons. The van der Waals surface area contributed by atoms with E-state index in [2.05, 4.69) is 15.6 Å². The van der Waals surface area contributed by atoms with Gasteiger partial charge in [0.05, 0.1) is 0 Å². The van der Waals surface area contributed by atoms with Gasteiger partial charge in [-0.15, -0.1) is 0 Å². The molecule has 2 N–H and O–H groups in total. The Balaban J connectivity index is 1.95. The zero-order chi connectivity index (χ0) is 13.7. The van der Waals surface area contributed by atoms with Gasteiger partial charge >= 0.3 is 0 Å². The van der Waals surface area contributed by atoms with E-state index in [-0.39, 0.29) is 11.8 Å². The van der Waals surface area contributed by atoms with E-state index in [0.29, 0.717) is 12.8 Å². The average Bonchev–Trinajstić information content (AvgIpc) is 2.42. The number of nitrogens with zero attached hydrogens (tertiary/aromatic N) is 1. The monoisotopic (exact) mass is 279 g/mol. The van der Waals surface area contributed by atoms with Crippen molar-refractivity contribution in [2.75, 3.05) is 12.0 Å². The Morgan fingerprint density at radius 1 is 1.21 bits per heavy atom. The third-order valence-electron chi connectivity index (χ3n) is 3.02. The molecule has 6 heteroatoms. The van der Waals surface area contributed by atoms with Crippen LogP contribution in [0.2, 0.25) is 0 Å². The molecule has 102 valence electrons. The number of nitrogens with one attached hydrogen (secondary N) is 2. The Labute approximate surface area is 116 Å². The normalized spacial score (nSPS) is 22.8. The van der Waals surface area contributed by atoms with Crippen LogP contribution < -0.4 is 10.6 Å². The summed E-state index contributed by atoms with van der Waals surface area (Å²) in [5.74, 6) is 0.620. The molecule has 0 aliphatic carbocycles. The van der Waals surface area contributed by atoms with Crippen LogP contribution in [0.15, 0.2) is 24.4 Å². The van der Waals surface area contributed by atoms with E-state index in [9.17, 15) is 9.59 Å². The van der Waals surface area contributed by atoms with E-state index in [4.69, 9.17) is 0 Å². The van der Waals surface area contributed by atoms with Gasteiger partial charge < -0.3 is 10.6 Å². The number of thioether (sulfide) groups is 1.